The topological polar surface area (TPSA) is 51.0 Å². The third-order valence-corrected chi connectivity index (χ3v) is 2.44. The molecule has 0 fully saturated rings. The first-order chi connectivity index (χ1) is 8.19. The van der Waals surface area contributed by atoms with Crippen molar-refractivity contribution in [1.82, 2.24) is 10.1 Å². The molecule has 5 heteroatoms. The molecule has 0 aliphatic heterocycles. The predicted molar refractivity (Wildman–Crippen MR) is 62.1 cm³/mol. The van der Waals surface area contributed by atoms with Crippen LogP contribution in [0.15, 0.2) is 22.7 Å². The van der Waals surface area contributed by atoms with Crippen LogP contribution in [0.5, 0.6) is 0 Å². The van der Waals surface area contributed by atoms with Gasteiger partial charge in [0.1, 0.15) is 5.82 Å². The molecular weight excluding hydrogens is 221 g/mol. The quantitative estimate of drug-likeness (QED) is 0.885. The van der Waals surface area contributed by atoms with Crippen LogP contribution in [0, 0.1) is 12.7 Å². The highest BCUT2D eigenvalue weighted by Gasteiger charge is 2.05. The monoisotopic (exact) mass is 235 g/mol. The van der Waals surface area contributed by atoms with E-state index in [1.165, 1.54) is 12.1 Å². The van der Waals surface area contributed by atoms with Crippen molar-refractivity contribution in [2.45, 2.75) is 26.8 Å². The summed E-state index contributed by atoms with van der Waals surface area (Å²) < 4.78 is 17.9. The summed E-state index contributed by atoms with van der Waals surface area (Å²) in [6, 6.07) is 4.59. The van der Waals surface area contributed by atoms with Crippen molar-refractivity contribution >= 4 is 5.69 Å². The van der Waals surface area contributed by atoms with E-state index in [1.807, 2.05) is 13.8 Å². The molecule has 17 heavy (non-hydrogen) atoms. The zero-order valence-electron chi connectivity index (χ0n) is 9.83. The fourth-order valence-corrected chi connectivity index (χ4v) is 1.50. The number of halogens is 1. The van der Waals surface area contributed by atoms with Gasteiger partial charge in [-0.15, -0.1) is 0 Å². The van der Waals surface area contributed by atoms with Crippen molar-refractivity contribution < 1.29 is 8.91 Å². The Hall–Kier alpha value is -1.91. The number of rotatable bonds is 4. The number of aromatic nitrogens is 2. The molecule has 0 aliphatic rings. The van der Waals surface area contributed by atoms with Crippen LogP contribution >= 0.6 is 0 Å². The Morgan fingerprint density at radius 3 is 2.88 bits per heavy atom. The Balaban J connectivity index is 2.02. The van der Waals surface area contributed by atoms with E-state index in [4.69, 9.17) is 4.52 Å². The maximum atomic E-state index is 12.9. The highest BCUT2D eigenvalue weighted by molar-refractivity contribution is 5.50. The fourth-order valence-electron chi connectivity index (χ4n) is 1.50. The van der Waals surface area contributed by atoms with Crippen LogP contribution in [0.25, 0.3) is 0 Å². The summed E-state index contributed by atoms with van der Waals surface area (Å²) in [5, 5.41) is 6.93. The molecule has 1 N–H and O–H groups in total. The maximum Gasteiger partial charge on any atom is 0.245 e. The Morgan fingerprint density at radius 2 is 2.24 bits per heavy atom. The Kier molecular flexibility index (Phi) is 3.37. The standard InChI is InChI=1S/C12H14FN3O/c1-3-11-15-12(17-16-11)7-14-10-5-4-9(13)6-8(10)2/h4-6,14H,3,7H2,1-2H3. The highest BCUT2D eigenvalue weighted by atomic mass is 19.1. The molecule has 0 bridgehead atoms. The Morgan fingerprint density at radius 1 is 1.41 bits per heavy atom. The Labute approximate surface area is 98.8 Å². The molecular formula is C12H14FN3O. The van der Waals surface area contributed by atoms with Gasteiger partial charge < -0.3 is 9.84 Å². The molecule has 0 atom stereocenters. The normalized spacial score (nSPS) is 10.5. The molecule has 1 aromatic heterocycles. The smallest absolute Gasteiger partial charge is 0.245 e. The van der Waals surface area contributed by atoms with Gasteiger partial charge in [-0.25, -0.2) is 4.39 Å². The lowest BCUT2D eigenvalue weighted by Crippen LogP contribution is -2.01. The van der Waals surface area contributed by atoms with Crippen LogP contribution in [0.1, 0.15) is 24.2 Å². The number of benzene rings is 1. The summed E-state index contributed by atoms with van der Waals surface area (Å²) >= 11 is 0. The van der Waals surface area contributed by atoms with Crippen LogP contribution in [0.4, 0.5) is 10.1 Å². The minimum absolute atomic E-state index is 0.237. The summed E-state index contributed by atoms with van der Waals surface area (Å²) in [6.45, 7) is 4.25. The summed E-state index contributed by atoms with van der Waals surface area (Å²) in [7, 11) is 0. The van der Waals surface area contributed by atoms with E-state index in [-0.39, 0.29) is 5.82 Å². The van der Waals surface area contributed by atoms with Gasteiger partial charge in [-0.3, -0.25) is 0 Å². The number of nitrogens with one attached hydrogen (secondary N) is 1. The number of hydrogen-bond acceptors (Lipinski definition) is 4. The second-order valence-corrected chi connectivity index (χ2v) is 3.77. The summed E-state index contributed by atoms with van der Waals surface area (Å²) in [4.78, 5) is 4.18. The summed E-state index contributed by atoms with van der Waals surface area (Å²) in [5.74, 6) is 0.988. The van der Waals surface area contributed by atoms with E-state index in [2.05, 4.69) is 15.5 Å². The third-order valence-electron chi connectivity index (χ3n) is 2.44. The van der Waals surface area contributed by atoms with E-state index < -0.39 is 0 Å². The third kappa shape index (κ3) is 2.81. The lowest BCUT2D eigenvalue weighted by molar-refractivity contribution is 0.378. The minimum Gasteiger partial charge on any atom is -0.376 e. The van der Waals surface area contributed by atoms with Gasteiger partial charge in [0.15, 0.2) is 5.82 Å². The first-order valence-electron chi connectivity index (χ1n) is 5.50. The van der Waals surface area contributed by atoms with Crippen molar-refractivity contribution in [2.24, 2.45) is 0 Å². The molecule has 1 aromatic carbocycles. The van der Waals surface area contributed by atoms with Gasteiger partial charge in [0.2, 0.25) is 5.89 Å². The lowest BCUT2D eigenvalue weighted by Gasteiger charge is -2.06. The predicted octanol–water partition coefficient (Wildman–Crippen LogP) is 2.69. The zero-order valence-corrected chi connectivity index (χ0v) is 9.83. The Bertz CT molecular complexity index is 510. The van der Waals surface area contributed by atoms with Gasteiger partial charge >= 0.3 is 0 Å². The van der Waals surface area contributed by atoms with Gasteiger partial charge in [-0.2, -0.15) is 4.98 Å². The van der Waals surface area contributed by atoms with Crippen LogP contribution < -0.4 is 5.32 Å². The van der Waals surface area contributed by atoms with Crippen molar-refractivity contribution in [3.05, 3.63) is 41.3 Å². The molecule has 1 heterocycles. The van der Waals surface area contributed by atoms with Crippen LogP contribution in [0.3, 0.4) is 0 Å². The first kappa shape index (κ1) is 11.6. The molecule has 0 radical (unpaired) electrons. The minimum atomic E-state index is -0.237. The lowest BCUT2D eigenvalue weighted by atomic mass is 10.2. The van der Waals surface area contributed by atoms with Gasteiger partial charge in [-0.1, -0.05) is 12.1 Å². The van der Waals surface area contributed by atoms with E-state index in [0.29, 0.717) is 18.3 Å². The number of anilines is 1. The van der Waals surface area contributed by atoms with Crippen LogP contribution in [0.2, 0.25) is 0 Å². The molecule has 4 nitrogen and oxygen atoms in total. The average molecular weight is 235 g/mol. The van der Waals surface area contributed by atoms with Gasteiger partial charge in [-0.05, 0) is 30.7 Å². The van der Waals surface area contributed by atoms with Gasteiger partial charge in [0.05, 0.1) is 6.54 Å². The average Bonchev–Trinajstić information content (AvgIpc) is 2.76. The molecule has 0 saturated heterocycles. The largest absolute Gasteiger partial charge is 0.376 e. The number of aryl methyl sites for hydroxylation is 2. The van der Waals surface area contributed by atoms with Gasteiger partial charge in [0, 0.05) is 12.1 Å². The molecule has 0 amide bonds. The number of hydrogen-bond donors (Lipinski definition) is 1. The molecule has 0 spiro atoms. The molecule has 0 saturated carbocycles. The molecule has 0 aliphatic carbocycles. The SMILES string of the molecule is CCc1noc(CNc2ccc(F)cc2C)n1. The molecule has 2 rings (SSSR count). The summed E-state index contributed by atoms with van der Waals surface area (Å²) in [5.41, 5.74) is 1.71. The van der Waals surface area contributed by atoms with Crippen LogP contribution in [-0.2, 0) is 13.0 Å². The van der Waals surface area contributed by atoms with E-state index >= 15 is 0 Å². The first-order valence-corrected chi connectivity index (χ1v) is 5.50. The molecule has 2 aromatic rings. The van der Waals surface area contributed by atoms with Crippen molar-refractivity contribution in [2.75, 3.05) is 5.32 Å². The molecule has 0 unspecified atom stereocenters. The van der Waals surface area contributed by atoms with Gasteiger partial charge in [0.25, 0.3) is 0 Å². The number of nitrogens with zero attached hydrogens (tertiary/aromatic N) is 2. The molecule has 90 valence electrons. The zero-order chi connectivity index (χ0) is 12.3. The van der Waals surface area contributed by atoms with E-state index in [9.17, 15) is 4.39 Å². The second-order valence-electron chi connectivity index (χ2n) is 3.77. The van der Waals surface area contributed by atoms with Crippen molar-refractivity contribution in [3.8, 4) is 0 Å². The maximum absolute atomic E-state index is 12.9. The summed E-state index contributed by atoms with van der Waals surface area (Å²) in [6.07, 6.45) is 0.749. The fraction of sp³-hybridized carbons (Fsp3) is 0.333. The van der Waals surface area contributed by atoms with E-state index in [1.54, 1.807) is 6.07 Å². The van der Waals surface area contributed by atoms with E-state index in [0.717, 1.165) is 17.7 Å². The van der Waals surface area contributed by atoms with Crippen molar-refractivity contribution in [3.63, 3.8) is 0 Å². The van der Waals surface area contributed by atoms with Crippen LogP contribution in [-0.4, -0.2) is 10.1 Å². The second kappa shape index (κ2) is 4.95. The highest BCUT2D eigenvalue weighted by Crippen LogP contribution is 2.16. The van der Waals surface area contributed by atoms with Crippen molar-refractivity contribution in [1.29, 1.82) is 0 Å².